The van der Waals surface area contributed by atoms with Gasteiger partial charge in [-0.05, 0) is 53.6 Å². The predicted molar refractivity (Wildman–Crippen MR) is 203 cm³/mol. The summed E-state index contributed by atoms with van der Waals surface area (Å²) >= 11 is 0. The largest absolute Gasteiger partial charge is 0.456 e. The maximum Gasteiger partial charge on any atom is 0.238 e. The van der Waals surface area contributed by atoms with Crippen LogP contribution in [-0.2, 0) is 0 Å². The number of para-hydroxylation sites is 3. The fourth-order valence-corrected chi connectivity index (χ4v) is 7.44. The number of hydrogen-bond donors (Lipinski definition) is 0. The van der Waals surface area contributed by atoms with Gasteiger partial charge in [-0.2, -0.15) is 9.97 Å². The highest BCUT2D eigenvalue weighted by molar-refractivity contribution is 6.12. The lowest BCUT2D eigenvalue weighted by Crippen LogP contribution is -2.06. The van der Waals surface area contributed by atoms with E-state index in [2.05, 4.69) is 107 Å². The van der Waals surface area contributed by atoms with Gasteiger partial charge in [0.25, 0.3) is 0 Å². The summed E-state index contributed by atoms with van der Waals surface area (Å²) in [4.78, 5) is 19.7. The zero-order chi connectivity index (χ0) is 33.5. The lowest BCUT2D eigenvalue weighted by molar-refractivity contribution is 0.668. The molecule has 7 nitrogen and oxygen atoms in total. The highest BCUT2D eigenvalue weighted by atomic mass is 16.3. The molecule has 0 aliphatic heterocycles. The van der Waals surface area contributed by atoms with E-state index >= 15 is 0 Å². The number of hydrogen-bond acceptors (Lipinski definition) is 6. The van der Waals surface area contributed by atoms with Crippen LogP contribution < -0.4 is 0 Å². The van der Waals surface area contributed by atoms with Crippen LogP contribution >= 0.6 is 0 Å². The number of furan rings is 2. The van der Waals surface area contributed by atoms with Crippen molar-refractivity contribution in [2.75, 3.05) is 0 Å². The minimum absolute atomic E-state index is 0.545. The van der Waals surface area contributed by atoms with Gasteiger partial charge in [-0.25, -0.2) is 4.98 Å². The van der Waals surface area contributed by atoms with Gasteiger partial charge in [-0.15, -0.1) is 0 Å². The van der Waals surface area contributed by atoms with Crippen LogP contribution in [0.25, 0.3) is 106 Å². The molecule has 0 N–H and O–H groups in total. The van der Waals surface area contributed by atoms with Crippen molar-refractivity contribution in [2.45, 2.75) is 0 Å². The SMILES string of the molecule is c1ccc2c(c1)oc1cc(-c3nc(-c4ccc(-c5cccc6oc7ccncc7c56)cc4)nc(-n4c5ccccc5c5ccccc54)n3)ccc12. The molecule has 0 fully saturated rings. The summed E-state index contributed by atoms with van der Waals surface area (Å²) in [5, 5.41) is 6.45. The second-order valence-corrected chi connectivity index (χ2v) is 12.7. The van der Waals surface area contributed by atoms with Crippen LogP contribution in [0.2, 0.25) is 0 Å². The molecule has 238 valence electrons. The Kier molecular flexibility index (Phi) is 5.83. The van der Waals surface area contributed by atoms with Crippen LogP contribution in [0.5, 0.6) is 0 Å². The van der Waals surface area contributed by atoms with Crippen molar-refractivity contribution in [3.63, 3.8) is 0 Å². The monoisotopic (exact) mass is 655 g/mol. The minimum atomic E-state index is 0.545. The topological polar surface area (TPSA) is 82.8 Å². The van der Waals surface area contributed by atoms with Gasteiger partial charge in [-0.3, -0.25) is 9.55 Å². The second-order valence-electron chi connectivity index (χ2n) is 12.7. The number of rotatable bonds is 4. The summed E-state index contributed by atoms with van der Waals surface area (Å²) in [5.74, 6) is 1.68. The molecule has 0 unspecified atom stereocenters. The third kappa shape index (κ3) is 4.25. The number of aromatic nitrogens is 5. The van der Waals surface area contributed by atoms with E-state index in [1.807, 2.05) is 48.7 Å². The lowest BCUT2D eigenvalue weighted by Gasteiger charge is -2.11. The first kappa shape index (κ1) is 27.8. The highest BCUT2D eigenvalue weighted by Crippen LogP contribution is 2.38. The van der Waals surface area contributed by atoms with Gasteiger partial charge in [0.15, 0.2) is 11.6 Å². The Bertz CT molecular complexity index is 3100. The molecule has 7 heteroatoms. The molecule has 11 rings (SSSR count). The van der Waals surface area contributed by atoms with Gasteiger partial charge in [0.05, 0.1) is 11.0 Å². The van der Waals surface area contributed by atoms with Crippen molar-refractivity contribution in [1.29, 1.82) is 0 Å². The standard InChI is InChI=1S/C44H25N5O2/c1-4-12-35-30(8-1)31-9-2-5-13-36(31)49(35)44-47-42(46-43(48-44)28-20-21-33-32-10-3-6-14-37(32)51-40(33)24-28)27-18-16-26(17-19-27)29-11-7-15-39-41(29)34-25-45-23-22-38(34)50-39/h1-25H. The molecule has 0 bridgehead atoms. The summed E-state index contributed by atoms with van der Waals surface area (Å²) in [5.41, 5.74) is 9.20. The Morgan fingerprint density at radius 2 is 1.04 bits per heavy atom. The molecule has 0 aliphatic carbocycles. The van der Waals surface area contributed by atoms with Gasteiger partial charge in [0.1, 0.15) is 22.3 Å². The summed E-state index contributed by atoms with van der Waals surface area (Å²) < 4.78 is 14.5. The molecule has 0 saturated heterocycles. The number of nitrogens with zero attached hydrogens (tertiary/aromatic N) is 5. The summed E-state index contributed by atoms with van der Waals surface area (Å²) in [7, 11) is 0. The van der Waals surface area contributed by atoms with Crippen molar-refractivity contribution in [3.05, 3.63) is 152 Å². The summed E-state index contributed by atoms with van der Waals surface area (Å²) in [6.07, 6.45) is 3.62. The lowest BCUT2D eigenvalue weighted by atomic mass is 9.99. The maximum absolute atomic E-state index is 6.27. The van der Waals surface area contributed by atoms with Gasteiger partial charge >= 0.3 is 0 Å². The highest BCUT2D eigenvalue weighted by Gasteiger charge is 2.19. The third-order valence-corrected chi connectivity index (χ3v) is 9.79. The number of benzene rings is 6. The molecule has 0 saturated carbocycles. The molecule has 5 aromatic heterocycles. The van der Waals surface area contributed by atoms with E-state index in [9.17, 15) is 0 Å². The Morgan fingerprint density at radius 1 is 0.431 bits per heavy atom. The Labute approximate surface area is 290 Å². The molecule has 0 aliphatic rings. The van der Waals surface area contributed by atoms with Crippen LogP contribution in [-0.4, -0.2) is 24.5 Å². The Balaban J connectivity index is 1.11. The third-order valence-electron chi connectivity index (χ3n) is 9.79. The molecule has 0 atom stereocenters. The average molecular weight is 656 g/mol. The molecular formula is C44H25N5O2. The van der Waals surface area contributed by atoms with E-state index in [-0.39, 0.29) is 0 Å². The molecule has 5 heterocycles. The van der Waals surface area contributed by atoms with Crippen LogP contribution in [0.15, 0.2) is 161 Å². The normalized spacial score (nSPS) is 11.9. The first-order valence-electron chi connectivity index (χ1n) is 16.8. The van der Waals surface area contributed by atoms with E-state index in [4.69, 9.17) is 23.8 Å². The van der Waals surface area contributed by atoms with E-state index in [1.165, 1.54) is 0 Å². The smallest absolute Gasteiger partial charge is 0.238 e. The first-order chi connectivity index (χ1) is 25.3. The van der Waals surface area contributed by atoms with E-state index in [1.54, 1.807) is 6.20 Å². The number of pyridine rings is 1. The van der Waals surface area contributed by atoms with Crippen LogP contribution in [0.1, 0.15) is 0 Å². The van der Waals surface area contributed by atoms with E-state index in [0.29, 0.717) is 17.6 Å². The fraction of sp³-hybridized carbons (Fsp3) is 0. The first-order valence-corrected chi connectivity index (χ1v) is 16.8. The minimum Gasteiger partial charge on any atom is -0.456 e. The molecular weight excluding hydrogens is 631 g/mol. The Morgan fingerprint density at radius 3 is 1.84 bits per heavy atom. The average Bonchev–Trinajstić information content (AvgIpc) is 3.87. The van der Waals surface area contributed by atoms with Crippen molar-refractivity contribution in [3.8, 4) is 39.9 Å². The van der Waals surface area contributed by atoms with Crippen LogP contribution in [0.3, 0.4) is 0 Å². The van der Waals surface area contributed by atoms with Gasteiger partial charge in [0, 0.05) is 55.8 Å². The van der Waals surface area contributed by atoms with Gasteiger partial charge in [0.2, 0.25) is 5.95 Å². The quantitative estimate of drug-likeness (QED) is 0.188. The van der Waals surface area contributed by atoms with Crippen molar-refractivity contribution >= 4 is 65.7 Å². The molecule has 0 spiro atoms. The second kappa shape index (κ2) is 10.7. The molecule has 51 heavy (non-hydrogen) atoms. The van der Waals surface area contributed by atoms with Crippen LogP contribution in [0.4, 0.5) is 0 Å². The van der Waals surface area contributed by atoms with E-state index in [0.717, 1.165) is 87.9 Å². The molecule has 0 radical (unpaired) electrons. The zero-order valence-corrected chi connectivity index (χ0v) is 27.0. The Hall–Kier alpha value is -7.12. The summed E-state index contributed by atoms with van der Waals surface area (Å²) in [6, 6.07) is 47.4. The van der Waals surface area contributed by atoms with Gasteiger partial charge < -0.3 is 8.83 Å². The molecule has 11 aromatic rings. The number of fused-ring (bicyclic) bond motifs is 9. The fourth-order valence-electron chi connectivity index (χ4n) is 7.44. The van der Waals surface area contributed by atoms with E-state index < -0.39 is 0 Å². The zero-order valence-electron chi connectivity index (χ0n) is 27.0. The van der Waals surface area contributed by atoms with Gasteiger partial charge in [-0.1, -0.05) is 97.1 Å². The maximum atomic E-state index is 6.27. The van der Waals surface area contributed by atoms with Crippen LogP contribution in [0, 0.1) is 0 Å². The van der Waals surface area contributed by atoms with Crippen molar-refractivity contribution in [2.24, 2.45) is 0 Å². The van der Waals surface area contributed by atoms with Crippen molar-refractivity contribution < 1.29 is 8.83 Å². The van der Waals surface area contributed by atoms with Crippen molar-refractivity contribution in [1.82, 2.24) is 24.5 Å². The molecule has 0 amide bonds. The summed E-state index contributed by atoms with van der Waals surface area (Å²) in [6.45, 7) is 0. The predicted octanol–water partition coefficient (Wildman–Crippen LogP) is 11.2. The molecule has 6 aromatic carbocycles.